The Morgan fingerprint density at radius 2 is 2.08 bits per heavy atom. The smallest absolute Gasteiger partial charge is 0.332 e. The molecule has 2 unspecified atom stereocenters. The Kier molecular flexibility index (Phi) is 7.50. The minimum absolute atomic E-state index is 0.144. The first kappa shape index (κ1) is 19.5. The molecule has 0 amide bonds. The van der Waals surface area contributed by atoms with Crippen molar-refractivity contribution in [3.05, 3.63) is 58.3 Å². The monoisotopic (exact) mass is 383 g/mol. The topological polar surface area (TPSA) is 57.7 Å². The molecule has 0 aliphatic rings. The molecule has 0 saturated heterocycles. The maximum atomic E-state index is 11.9. The van der Waals surface area contributed by atoms with Crippen LogP contribution in [0.1, 0.15) is 25.0 Å². The Hall–Kier alpha value is -1.82. The molecule has 0 spiro atoms. The summed E-state index contributed by atoms with van der Waals surface area (Å²) in [6, 6.07) is 8.57. The van der Waals surface area contributed by atoms with Crippen molar-refractivity contribution >= 4 is 29.2 Å². The van der Waals surface area contributed by atoms with Gasteiger partial charge in [-0.2, -0.15) is 0 Å². The molecule has 0 N–H and O–H groups in total. The lowest BCUT2D eigenvalue weighted by molar-refractivity contribution is -0.159. The van der Waals surface area contributed by atoms with E-state index in [4.69, 9.17) is 37.4 Å². The molecule has 1 aromatic carbocycles. The van der Waals surface area contributed by atoms with Crippen LogP contribution in [0.5, 0.6) is 5.75 Å². The summed E-state index contributed by atoms with van der Waals surface area (Å²) in [4.78, 5) is 16.0. The number of carbonyl (C=O) groups is 1. The number of nitrogens with zero attached hydrogens (tertiary/aromatic N) is 1. The van der Waals surface area contributed by atoms with E-state index >= 15 is 0 Å². The van der Waals surface area contributed by atoms with Crippen molar-refractivity contribution in [2.45, 2.75) is 25.6 Å². The van der Waals surface area contributed by atoms with Crippen LogP contribution >= 0.6 is 23.2 Å². The molecule has 7 heteroatoms. The maximum Gasteiger partial charge on any atom is 0.332 e. The number of ether oxygens (including phenoxy) is 3. The predicted molar refractivity (Wildman–Crippen MR) is 96.1 cm³/mol. The highest BCUT2D eigenvalue weighted by Crippen LogP contribution is 2.32. The van der Waals surface area contributed by atoms with E-state index in [2.05, 4.69) is 4.98 Å². The lowest BCUT2D eigenvalue weighted by Crippen LogP contribution is -2.30. The third-order valence-electron chi connectivity index (χ3n) is 3.45. The van der Waals surface area contributed by atoms with Crippen LogP contribution < -0.4 is 4.74 Å². The summed E-state index contributed by atoms with van der Waals surface area (Å²) in [6.45, 7) is 1.79. The third kappa shape index (κ3) is 5.59. The molecule has 0 aliphatic heterocycles. The van der Waals surface area contributed by atoms with Gasteiger partial charge in [0.25, 0.3) is 0 Å². The zero-order valence-electron chi connectivity index (χ0n) is 13.9. The van der Waals surface area contributed by atoms with Gasteiger partial charge in [-0.3, -0.25) is 4.98 Å². The van der Waals surface area contributed by atoms with Gasteiger partial charge >= 0.3 is 5.97 Å². The van der Waals surface area contributed by atoms with E-state index in [1.54, 1.807) is 36.7 Å². The Bertz CT molecular complexity index is 697. The van der Waals surface area contributed by atoms with Gasteiger partial charge < -0.3 is 14.2 Å². The zero-order chi connectivity index (χ0) is 18.2. The molecule has 0 radical (unpaired) electrons. The molecular weight excluding hydrogens is 365 g/mol. The summed E-state index contributed by atoms with van der Waals surface area (Å²) in [5, 5.41) is 0.903. The molecule has 0 saturated carbocycles. The van der Waals surface area contributed by atoms with Crippen molar-refractivity contribution in [2.75, 3.05) is 13.7 Å². The predicted octanol–water partition coefficient (Wildman–Crippen LogP) is 4.48. The van der Waals surface area contributed by atoms with Gasteiger partial charge in [0, 0.05) is 30.1 Å². The SMILES string of the molecule is CCC(Oc1ccc(Cl)cc1Cl)C(OC(=O)COC)c1cccnc1. The minimum atomic E-state index is -0.645. The zero-order valence-corrected chi connectivity index (χ0v) is 15.5. The summed E-state index contributed by atoms with van der Waals surface area (Å²) in [7, 11) is 1.43. The Balaban J connectivity index is 2.27. The molecule has 134 valence electrons. The quantitative estimate of drug-likeness (QED) is 0.629. The van der Waals surface area contributed by atoms with Crippen LogP contribution in [0.25, 0.3) is 0 Å². The fourth-order valence-corrected chi connectivity index (χ4v) is 2.74. The van der Waals surface area contributed by atoms with E-state index in [0.29, 0.717) is 22.2 Å². The molecule has 2 atom stereocenters. The Morgan fingerprint density at radius 3 is 2.68 bits per heavy atom. The number of rotatable bonds is 8. The van der Waals surface area contributed by atoms with E-state index in [9.17, 15) is 4.79 Å². The molecule has 0 bridgehead atoms. The fraction of sp³-hybridized carbons (Fsp3) is 0.333. The van der Waals surface area contributed by atoms with Gasteiger partial charge in [-0.25, -0.2) is 4.79 Å². The molecule has 2 rings (SSSR count). The van der Waals surface area contributed by atoms with Gasteiger partial charge in [-0.15, -0.1) is 0 Å². The van der Waals surface area contributed by atoms with Gasteiger partial charge in [0.2, 0.25) is 0 Å². The minimum Gasteiger partial charge on any atom is -0.485 e. The largest absolute Gasteiger partial charge is 0.485 e. The molecule has 0 fully saturated rings. The van der Waals surface area contributed by atoms with Crippen LogP contribution in [-0.4, -0.2) is 30.8 Å². The Labute approximate surface area is 156 Å². The third-order valence-corrected chi connectivity index (χ3v) is 3.98. The van der Waals surface area contributed by atoms with E-state index in [1.165, 1.54) is 7.11 Å². The number of halogens is 2. The fourth-order valence-electron chi connectivity index (χ4n) is 2.29. The van der Waals surface area contributed by atoms with Crippen molar-refractivity contribution in [3.63, 3.8) is 0 Å². The molecule has 1 heterocycles. The van der Waals surface area contributed by atoms with Crippen LogP contribution in [0.4, 0.5) is 0 Å². The van der Waals surface area contributed by atoms with E-state index in [0.717, 1.165) is 5.56 Å². The van der Waals surface area contributed by atoms with Gasteiger partial charge in [0.15, 0.2) is 6.10 Å². The second-order valence-corrected chi connectivity index (χ2v) is 6.11. The van der Waals surface area contributed by atoms with Crippen LogP contribution in [0, 0.1) is 0 Å². The van der Waals surface area contributed by atoms with Crippen LogP contribution in [0.3, 0.4) is 0 Å². The normalized spacial score (nSPS) is 13.1. The number of carbonyl (C=O) groups excluding carboxylic acids is 1. The first-order valence-electron chi connectivity index (χ1n) is 7.75. The van der Waals surface area contributed by atoms with Gasteiger partial charge in [0.05, 0.1) is 5.02 Å². The molecule has 1 aromatic heterocycles. The number of aromatic nitrogens is 1. The number of benzene rings is 1. The van der Waals surface area contributed by atoms with Crippen molar-refractivity contribution < 1.29 is 19.0 Å². The van der Waals surface area contributed by atoms with Gasteiger partial charge in [0.1, 0.15) is 18.5 Å². The molecule has 2 aromatic rings. The van der Waals surface area contributed by atoms with Crippen LogP contribution in [0.15, 0.2) is 42.7 Å². The van der Waals surface area contributed by atoms with Crippen molar-refractivity contribution in [1.29, 1.82) is 0 Å². The molecule has 5 nitrogen and oxygen atoms in total. The second kappa shape index (κ2) is 9.61. The molecule has 0 aliphatic carbocycles. The first-order valence-corrected chi connectivity index (χ1v) is 8.50. The summed E-state index contributed by atoms with van der Waals surface area (Å²) in [6.07, 6.45) is 2.77. The van der Waals surface area contributed by atoms with E-state index in [-0.39, 0.29) is 6.61 Å². The number of esters is 1. The van der Waals surface area contributed by atoms with Gasteiger partial charge in [-0.1, -0.05) is 36.2 Å². The number of hydrogen-bond acceptors (Lipinski definition) is 5. The lowest BCUT2D eigenvalue weighted by Gasteiger charge is -2.27. The second-order valence-electron chi connectivity index (χ2n) is 5.27. The number of hydrogen-bond donors (Lipinski definition) is 0. The highest BCUT2D eigenvalue weighted by atomic mass is 35.5. The summed E-state index contributed by atoms with van der Waals surface area (Å²) < 4.78 is 16.4. The maximum absolute atomic E-state index is 11.9. The Morgan fingerprint density at radius 1 is 1.28 bits per heavy atom. The average molecular weight is 384 g/mol. The summed E-state index contributed by atoms with van der Waals surface area (Å²) in [5.41, 5.74) is 0.726. The van der Waals surface area contributed by atoms with Crippen LogP contribution in [-0.2, 0) is 14.3 Å². The summed E-state index contributed by atoms with van der Waals surface area (Å²) in [5.74, 6) is -0.0183. The number of methoxy groups -OCH3 is 1. The van der Waals surface area contributed by atoms with Crippen LogP contribution in [0.2, 0.25) is 10.0 Å². The lowest BCUT2D eigenvalue weighted by atomic mass is 10.0. The first-order chi connectivity index (χ1) is 12.0. The van der Waals surface area contributed by atoms with Gasteiger partial charge in [-0.05, 0) is 30.7 Å². The van der Waals surface area contributed by atoms with E-state index in [1.807, 2.05) is 13.0 Å². The molecule has 25 heavy (non-hydrogen) atoms. The van der Waals surface area contributed by atoms with Crippen molar-refractivity contribution in [3.8, 4) is 5.75 Å². The number of pyridine rings is 1. The molecular formula is C18H19Cl2NO4. The highest BCUT2D eigenvalue weighted by molar-refractivity contribution is 6.35. The van der Waals surface area contributed by atoms with Crippen molar-refractivity contribution in [1.82, 2.24) is 4.98 Å². The standard InChI is InChI=1S/C18H19Cl2NO4/c1-3-15(24-16-7-6-13(19)9-14(16)20)18(25-17(22)11-23-2)12-5-4-8-21-10-12/h4-10,15,18H,3,11H2,1-2H3. The highest BCUT2D eigenvalue weighted by Gasteiger charge is 2.28. The average Bonchev–Trinajstić information content (AvgIpc) is 2.60. The van der Waals surface area contributed by atoms with E-state index < -0.39 is 18.2 Å². The van der Waals surface area contributed by atoms with Crippen molar-refractivity contribution in [2.24, 2.45) is 0 Å². The summed E-state index contributed by atoms with van der Waals surface area (Å²) >= 11 is 12.1.